The van der Waals surface area contributed by atoms with E-state index in [-0.39, 0.29) is 4.90 Å². The summed E-state index contributed by atoms with van der Waals surface area (Å²) in [6, 6.07) is 10.4. The number of anilines is 2. The lowest BCUT2D eigenvalue weighted by Crippen LogP contribution is -2.45. The first kappa shape index (κ1) is 25.2. The molecular weight excluding hydrogens is 462 g/mol. The molecule has 0 aliphatic carbocycles. The monoisotopic (exact) mass is 493 g/mol. The topological polar surface area (TPSA) is 104 Å². The summed E-state index contributed by atoms with van der Waals surface area (Å²) in [6.07, 6.45) is 3.80. The van der Waals surface area contributed by atoms with E-state index in [1.54, 1.807) is 13.0 Å². The average Bonchev–Trinajstić information content (AvgIpc) is 2.76. The molecule has 8 nitrogen and oxygen atoms in total. The van der Waals surface area contributed by atoms with Gasteiger partial charge in [-0.1, -0.05) is 18.6 Å². The van der Waals surface area contributed by atoms with E-state index in [9.17, 15) is 21.6 Å². The molecule has 2 aromatic rings. The molecule has 1 N–H and O–H groups in total. The maximum Gasteiger partial charge on any atom is 0.247 e. The van der Waals surface area contributed by atoms with Crippen LogP contribution in [0.3, 0.4) is 0 Å². The summed E-state index contributed by atoms with van der Waals surface area (Å²) in [4.78, 5) is 13.1. The number of piperidine rings is 1. The maximum atomic E-state index is 13.0. The molecule has 10 heteroatoms. The molecule has 3 rings (SSSR count). The molecule has 1 unspecified atom stereocenters. The maximum absolute atomic E-state index is 13.0. The van der Waals surface area contributed by atoms with Crippen LogP contribution in [0.15, 0.2) is 47.4 Å². The van der Waals surface area contributed by atoms with Crippen LogP contribution in [0, 0.1) is 13.8 Å². The number of aryl methyl sites for hydroxylation is 2. The summed E-state index contributed by atoms with van der Waals surface area (Å²) in [6.45, 7) is 6.19. The van der Waals surface area contributed by atoms with E-state index in [0.717, 1.165) is 41.0 Å². The lowest BCUT2D eigenvalue weighted by molar-refractivity contribution is -0.116. The van der Waals surface area contributed by atoms with Crippen LogP contribution in [0.4, 0.5) is 11.4 Å². The molecule has 0 bridgehead atoms. The zero-order chi connectivity index (χ0) is 24.4. The number of nitrogens with zero attached hydrogens (tertiary/aromatic N) is 2. The van der Waals surface area contributed by atoms with Crippen molar-refractivity contribution < 1.29 is 21.6 Å². The smallest absolute Gasteiger partial charge is 0.247 e. The van der Waals surface area contributed by atoms with Crippen molar-refractivity contribution in [2.45, 2.75) is 51.0 Å². The molecule has 1 amide bonds. The highest BCUT2D eigenvalue weighted by atomic mass is 32.2. The zero-order valence-electron chi connectivity index (χ0n) is 19.4. The molecule has 1 aliphatic heterocycles. The van der Waals surface area contributed by atoms with Crippen molar-refractivity contribution in [2.75, 3.05) is 29.0 Å². The van der Waals surface area contributed by atoms with Crippen LogP contribution in [-0.4, -0.2) is 52.4 Å². The van der Waals surface area contributed by atoms with Crippen LogP contribution in [0.25, 0.3) is 0 Å². The van der Waals surface area contributed by atoms with Gasteiger partial charge in [0.2, 0.25) is 26.0 Å². The fourth-order valence-corrected chi connectivity index (χ4v) is 6.69. The standard InChI is InChI=1S/C23H31N3O5S2/c1-17-8-9-18(2)22(16-17)26(32(4,28)29)19(3)23(27)24-20-10-12-21(13-11-20)33(30,31)25-14-6-5-7-15-25/h8-13,16,19H,5-7,14-15H2,1-4H3,(H,24,27). The van der Waals surface area contributed by atoms with Gasteiger partial charge in [-0.25, -0.2) is 16.8 Å². The van der Waals surface area contributed by atoms with Crippen molar-refractivity contribution in [3.8, 4) is 0 Å². The number of carbonyl (C=O) groups excluding carboxylic acids is 1. The predicted molar refractivity (Wildman–Crippen MR) is 130 cm³/mol. The van der Waals surface area contributed by atoms with Gasteiger partial charge in [-0.15, -0.1) is 0 Å². The van der Waals surface area contributed by atoms with Gasteiger partial charge in [0.1, 0.15) is 6.04 Å². The van der Waals surface area contributed by atoms with Crippen LogP contribution < -0.4 is 9.62 Å². The summed E-state index contributed by atoms with van der Waals surface area (Å²) in [5, 5.41) is 2.70. The fraction of sp³-hybridized carbons (Fsp3) is 0.435. The van der Waals surface area contributed by atoms with Crippen molar-refractivity contribution in [2.24, 2.45) is 0 Å². The molecule has 0 radical (unpaired) electrons. The third kappa shape index (κ3) is 5.74. The van der Waals surface area contributed by atoms with Crippen LogP contribution in [-0.2, 0) is 24.8 Å². The lowest BCUT2D eigenvalue weighted by Gasteiger charge is -2.29. The molecule has 1 aliphatic rings. The Morgan fingerprint density at radius 1 is 0.970 bits per heavy atom. The molecule has 0 saturated carbocycles. The second-order valence-corrected chi connectivity index (χ2v) is 12.3. The summed E-state index contributed by atoms with van der Waals surface area (Å²) in [7, 11) is -7.31. The van der Waals surface area contributed by atoms with Crippen LogP contribution >= 0.6 is 0 Å². The largest absolute Gasteiger partial charge is 0.324 e. The molecule has 0 aromatic heterocycles. The summed E-state index contributed by atoms with van der Waals surface area (Å²) >= 11 is 0. The number of benzene rings is 2. The third-order valence-corrected chi connectivity index (χ3v) is 8.91. The van der Waals surface area contributed by atoms with Crippen LogP contribution in [0.2, 0.25) is 0 Å². The van der Waals surface area contributed by atoms with Gasteiger partial charge in [-0.2, -0.15) is 4.31 Å². The van der Waals surface area contributed by atoms with Crippen molar-refractivity contribution in [3.05, 3.63) is 53.6 Å². The molecule has 1 atom stereocenters. The number of carbonyl (C=O) groups is 1. The minimum atomic E-state index is -3.74. The Kier molecular flexibility index (Phi) is 7.50. The molecule has 33 heavy (non-hydrogen) atoms. The first-order chi connectivity index (χ1) is 15.4. The van der Waals surface area contributed by atoms with E-state index in [0.29, 0.717) is 24.5 Å². The highest BCUT2D eigenvalue weighted by molar-refractivity contribution is 7.92. The molecular formula is C23H31N3O5S2. The lowest BCUT2D eigenvalue weighted by atomic mass is 10.1. The molecule has 180 valence electrons. The number of nitrogens with one attached hydrogen (secondary N) is 1. The van der Waals surface area contributed by atoms with Gasteiger partial charge in [-0.05, 0) is 75.1 Å². The SMILES string of the molecule is Cc1ccc(C)c(N(C(C)C(=O)Nc2ccc(S(=O)(=O)N3CCCCC3)cc2)S(C)(=O)=O)c1. The summed E-state index contributed by atoms with van der Waals surface area (Å²) in [5.41, 5.74) is 2.45. The van der Waals surface area contributed by atoms with Gasteiger partial charge in [0.05, 0.1) is 16.8 Å². The molecule has 0 spiro atoms. The van der Waals surface area contributed by atoms with E-state index < -0.39 is 32.0 Å². The van der Waals surface area contributed by atoms with Gasteiger partial charge in [0.25, 0.3) is 0 Å². The van der Waals surface area contributed by atoms with Crippen LogP contribution in [0.1, 0.15) is 37.3 Å². The minimum absolute atomic E-state index is 0.170. The molecule has 1 saturated heterocycles. The van der Waals surface area contributed by atoms with Crippen molar-refractivity contribution >= 4 is 37.3 Å². The number of hydrogen-bond donors (Lipinski definition) is 1. The second-order valence-electron chi connectivity index (χ2n) is 8.50. The predicted octanol–water partition coefficient (Wildman–Crippen LogP) is 3.27. The number of sulfonamides is 2. The second kappa shape index (κ2) is 9.82. The van der Waals surface area contributed by atoms with Crippen molar-refractivity contribution in [3.63, 3.8) is 0 Å². The molecule has 2 aromatic carbocycles. The van der Waals surface area contributed by atoms with E-state index in [1.807, 2.05) is 19.1 Å². The molecule has 1 fully saturated rings. The highest BCUT2D eigenvalue weighted by Gasteiger charge is 2.31. The Morgan fingerprint density at radius 3 is 2.15 bits per heavy atom. The first-order valence-corrected chi connectivity index (χ1v) is 14.2. The normalized spacial score (nSPS) is 16.2. The highest BCUT2D eigenvalue weighted by Crippen LogP contribution is 2.27. The Hall–Kier alpha value is -2.43. The minimum Gasteiger partial charge on any atom is -0.324 e. The number of rotatable bonds is 7. The third-order valence-electron chi connectivity index (χ3n) is 5.77. The average molecular weight is 494 g/mol. The van der Waals surface area contributed by atoms with Gasteiger partial charge >= 0.3 is 0 Å². The fourth-order valence-electron chi connectivity index (χ4n) is 3.95. The Bertz CT molecular complexity index is 1220. The quantitative estimate of drug-likeness (QED) is 0.638. The van der Waals surface area contributed by atoms with Gasteiger partial charge in [0, 0.05) is 18.8 Å². The zero-order valence-corrected chi connectivity index (χ0v) is 21.0. The van der Waals surface area contributed by atoms with E-state index in [4.69, 9.17) is 0 Å². The van der Waals surface area contributed by atoms with Gasteiger partial charge in [0.15, 0.2) is 0 Å². The molecule has 1 heterocycles. The number of hydrogen-bond acceptors (Lipinski definition) is 5. The first-order valence-electron chi connectivity index (χ1n) is 10.9. The summed E-state index contributed by atoms with van der Waals surface area (Å²) < 4.78 is 53.4. The van der Waals surface area contributed by atoms with Crippen molar-refractivity contribution in [1.29, 1.82) is 0 Å². The summed E-state index contributed by atoms with van der Waals surface area (Å²) in [5.74, 6) is -0.520. The van der Waals surface area contributed by atoms with Crippen LogP contribution in [0.5, 0.6) is 0 Å². The Labute approximate surface area is 196 Å². The van der Waals surface area contributed by atoms with E-state index in [2.05, 4.69) is 5.32 Å². The van der Waals surface area contributed by atoms with Gasteiger partial charge in [-0.3, -0.25) is 9.10 Å². The van der Waals surface area contributed by atoms with Gasteiger partial charge < -0.3 is 5.32 Å². The Balaban J connectivity index is 1.80. The van der Waals surface area contributed by atoms with E-state index in [1.165, 1.54) is 35.5 Å². The Morgan fingerprint density at radius 2 is 1.58 bits per heavy atom. The van der Waals surface area contributed by atoms with E-state index >= 15 is 0 Å². The van der Waals surface area contributed by atoms with Crippen molar-refractivity contribution in [1.82, 2.24) is 4.31 Å². The number of amides is 1.